The highest BCUT2D eigenvalue weighted by molar-refractivity contribution is 6.34. The summed E-state index contributed by atoms with van der Waals surface area (Å²) in [6.07, 6.45) is 1.07. The summed E-state index contributed by atoms with van der Waals surface area (Å²) in [5.41, 5.74) is 0.856. The van der Waals surface area contributed by atoms with Gasteiger partial charge in [0.05, 0.1) is 11.5 Å². The Balaban J connectivity index is 2.25. The fourth-order valence-electron chi connectivity index (χ4n) is 1.99. The van der Waals surface area contributed by atoms with Crippen molar-refractivity contribution in [3.8, 4) is 0 Å². The topological polar surface area (TPSA) is 9.23 Å². The number of ether oxygens (including phenoxy) is 1. The smallest absolute Gasteiger partial charge is 0.0864 e. The zero-order valence-electron chi connectivity index (χ0n) is 8.92. The van der Waals surface area contributed by atoms with E-state index in [4.69, 9.17) is 39.5 Å². The Morgan fingerprint density at radius 2 is 2.12 bits per heavy atom. The van der Waals surface area contributed by atoms with Crippen molar-refractivity contribution in [2.24, 2.45) is 5.92 Å². The van der Waals surface area contributed by atoms with E-state index in [0.29, 0.717) is 16.0 Å². The summed E-state index contributed by atoms with van der Waals surface area (Å²) >= 11 is 18.5. The van der Waals surface area contributed by atoms with Crippen LogP contribution in [-0.4, -0.2) is 12.7 Å². The molecule has 0 N–H and O–H groups in total. The van der Waals surface area contributed by atoms with Crippen molar-refractivity contribution in [1.29, 1.82) is 0 Å². The molecule has 2 rings (SSSR count). The van der Waals surface area contributed by atoms with Gasteiger partial charge in [-0.25, -0.2) is 0 Å². The lowest BCUT2D eigenvalue weighted by molar-refractivity contribution is 0.0904. The van der Waals surface area contributed by atoms with Crippen LogP contribution in [0.25, 0.3) is 0 Å². The Morgan fingerprint density at radius 1 is 1.38 bits per heavy atom. The maximum absolute atomic E-state index is 6.42. The average molecular weight is 280 g/mol. The molecule has 1 heterocycles. The first kappa shape index (κ1) is 12.5. The van der Waals surface area contributed by atoms with Gasteiger partial charge in [-0.2, -0.15) is 0 Å². The quantitative estimate of drug-likeness (QED) is 0.713. The molecule has 0 saturated carbocycles. The molecular weight excluding hydrogens is 266 g/mol. The van der Waals surface area contributed by atoms with Crippen molar-refractivity contribution >= 4 is 34.8 Å². The van der Waals surface area contributed by atoms with Crippen LogP contribution in [0.15, 0.2) is 18.2 Å². The maximum atomic E-state index is 6.42. The summed E-state index contributed by atoms with van der Waals surface area (Å²) < 4.78 is 5.64. The highest BCUT2D eigenvalue weighted by Crippen LogP contribution is 2.39. The lowest BCUT2D eigenvalue weighted by Crippen LogP contribution is -2.19. The van der Waals surface area contributed by atoms with Crippen molar-refractivity contribution in [1.82, 2.24) is 0 Å². The van der Waals surface area contributed by atoms with E-state index < -0.39 is 0 Å². The van der Waals surface area contributed by atoms with E-state index in [1.165, 1.54) is 0 Å². The Morgan fingerprint density at radius 3 is 2.75 bits per heavy atom. The minimum atomic E-state index is -0.233. The molecule has 1 aromatic rings. The van der Waals surface area contributed by atoms with E-state index in [1.807, 2.05) is 6.07 Å². The monoisotopic (exact) mass is 278 g/mol. The van der Waals surface area contributed by atoms with Crippen LogP contribution < -0.4 is 0 Å². The molecular formula is C12H13Cl3O. The summed E-state index contributed by atoms with van der Waals surface area (Å²) in [7, 11) is 0. The fourth-order valence-corrected chi connectivity index (χ4v) is 2.97. The first-order chi connectivity index (χ1) is 7.59. The molecule has 1 aliphatic heterocycles. The number of alkyl halides is 1. The van der Waals surface area contributed by atoms with Crippen LogP contribution in [0.3, 0.4) is 0 Å². The predicted molar refractivity (Wildman–Crippen MR) is 68.6 cm³/mol. The second-order valence-corrected chi connectivity index (χ2v) is 5.48. The fraction of sp³-hybridized carbons (Fsp3) is 0.500. The number of rotatable bonds is 2. The highest BCUT2D eigenvalue weighted by Gasteiger charge is 2.32. The molecule has 3 unspecified atom stereocenters. The Bertz CT molecular complexity index is 381. The average Bonchev–Trinajstić information content (AvgIpc) is 2.67. The van der Waals surface area contributed by atoms with Crippen LogP contribution >= 0.6 is 34.8 Å². The van der Waals surface area contributed by atoms with Crippen molar-refractivity contribution < 1.29 is 4.74 Å². The van der Waals surface area contributed by atoms with Gasteiger partial charge in [0.25, 0.3) is 0 Å². The number of hydrogen-bond donors (Lipinski definition) is 0. The molecule has 0 radical (unpaired) electrons. The molecule has 4 heteroatoms. The normalized spacial score (nSPS) is 27.0. The van der Waals surface area contributed by atoms with Crippen LogP contribution in [0.4, 0.5) is 0 Å². The largest absolute Gasteiger partial charge is 0.376 e. The minimum absolute atomic E-state index is 0.0256. The maximum Gasteiger partial charge on any atom is 0.0864 e. The zero-order chi connectivity index (χ0) is 11.7. The van der Waals surface area contributed by atoms with E-state index in [0.717, 1.165) is 18.6 Å². The van der Waals surface area contributed by atoms with E-state index in [2.05, 4.69) is 6.92 Å². The Hall–Kier alpha value is 0.0500. The zero-order valence-corrected chi connectivity index (χ0v) is 11.2. The Labute approximate surface area is 111 Å². The molecule has 0 amide bonds. The molecule has 1 saturated heterocycles. The van der Waals surface area contributed by atoms with Crippen molar-refractivity contribution in [2.75, 3.05) is 6.61 Å². The van der Waals surface area contributed by atoms with Gasteiger partial charge < -0.3 is 4.74 Å². The molecule has 0 bridgehead atoms. The van der Waals surface area contributed by atoms with Gasteiger partial charge in [-0.1, -0.05) is 30.1 Å². The molecule has 1 aromatic carbocycles. The van der Waals surface area contributed by atoms with Gasteiger partial charge in [-0.3, -0.25) is 0 Å². The van der Waals surface area contributed by atoms with Gasteiger partial charge in [-0.05, 0) is 36.1 Å². The molecule has 1 nitrogen and oxygen atoms in total. The SMILES string of the molecule is CC1CCOC1C(Cl)c1cc(Cl)ccc1Cl. The molecule has 0 aromatic heterocycles. The molecule has 1 aliphatic rings. The second kappa shape index (κ2) is 5.14. The summed E-state index contributed by atoms with van der Waals surface area (Å²) in [6.45, 7) is 2.92. The van der Waals surface area contributed by atoms with E-state index >= 15 is 0 Å². The van der Waals surface area contributed by atoms with Gasteiger partial charge in [-0.15, -0.1) is 11.6 Å². The predicted octanol–water partition coefficient (Wildman–Crippen LogP) is 4.70. The van der Waals surface area contributed by atoms with Gasteiger partial charge in [0.15, 0.2) is 0 Å². The summed E-state index contributed by atoms with van der Waals surface area (Å²) in [5, 5.41) is 1.06. The first-order valence-electron chi connectivity index (χ1n) is 5.30. The van der Waals surface area contributed by atoms with Crippen molar-refractivity contribution in [3.63, 3.8) is 0 Å². The summed E-state index contributed by atoms with van der Waals surface area (Å²) in [5.74, 6) is 0.456. The first-order valence-corrected chi connectivity index (χ1v) is 6.49. The second-order valence-electron chi connectivity index (χ2n) is 4.17. The van der Waals surface area contributed by atoms with Crippen molar-refractivity contribution in [2.45, 2.75) is 24.8 Å². The standard InChI is InChI=1S/C12H13Cl3O/c1-7-4-5-16-12(7)11(15)9-6-8(13)2-3-10(9)14/h2-3,6-7,11-12H,4-5H2,1H3. The van der Waals surface area contributed by atoms with Crippen LogP contribution in [0.5, 0.6) is 0 Å². The minimum Gasteiger partial charge on any atom is -0.376 e. The number of benzene rings is 1. The third kappa shape index (κ3) is 2.48. The van der Waals surface area contributed by atoms with Gasteiger partial charge in [0.1, 0.15) is 0 Å². The molecule has 3 atom stereocenters. The molecule has 0 spiro atoms. The van der Waals surface area contributed by atoms with Gasteiger partial charge in [0.2, 0.25) is 0 Å². The molecule has 1 fully saturated rings. The number of hydrogen-bond acceptors (Lipinski definition) is 1. The van der Waals surface area contributed by atoms with E-state index in [9.17, 15) is 0 Å². The van der Waals surface area contributed by atoms with E-state index in [-0.39, 0.29) is 11.5 Å². The highest BCUT2D eigenvalue weighted by atomic mass is 35.5. The van der Waals surface area contributed by atoms with Crippen molar-refractivity contribution in [3.05, 3.63) is 33.8 Å². The summed E-state index contributed by atoms with van der Waals surface area (Å²) in [4.78, 5) is 0. The van der Waals surface area contributed by atoms with Crippen LogP contribution in [0.1, 0.15) is 24.3 Å². The Kier molecular flexibility index (Phi) is 4.01. The van der Waals surface area contributed by atoms with Gasteiger partial charge >= 0.3 is 0 Å². The van der Waals surface area contributed by atoms with Crippen LogP contribution in [-0.2, 0) is 4.74 Å². The molecule has 16 heavy (non-hydrogen) atoms. The van der Waals surface area contributed by atoms with Crippen LogP contribution in [0, 0.1) is 5.92 Å². The van der Waals surface area contributed by atoms with Gasteiger partial charge in [0, 0.05) is 16.7 Å². The lowest BCUT2D eigenvalue weighted by Gasteiger charge is -2.21. The van der Waals surface area contributed by atoms with E-state index in [1.54, 1.807) is 12.1 Å². The molecule has 0 aliphatic carbocycles. The lowest BCUT2D eigenvalue weighted by atomic mass is 9.97. The molecule has 88 valence electrons. The van der Waals surface area contributed by atoms with Crippen LogP contribution in [0.2, 0.25) is 10.0 Å². The summed E-state index contributed by atoms with van der Waals surface area (Å²) in [6, 6.07) is 5.35. The third-order valence-electron chi connectivity index (χ3n) is 2.99. The number of halogens is 3. The third-order valence-corrected chi connectivity index (χ3v) is 4.05.